The molecule has 0 bridgehead atoms. The molecule has 0 aliphatic carbocycles. The zero-order valence-electron chi connectivity index (χ0n) is 14.1. The smallest absolute Gasteiger partial charge is 0.311 e. The molecule has 3 aromatic rings. The van der Waals surface area contributed by atoms with Crippen LogP contribution in [-0.2, 0) is 11.2 Å². The van der Waals surface area contributed by atoms with E-state index in [9.17, 15) is 4.79 Å². The Morgan fingerprint density at radius 1 is 1.12 bits per heavy atom. The van der Waals surface area contributed by atoms with Crippen molar-refractivity contribution >= 4 is 40.2 Å². The Hall–Kier alpha value is -2.04. The van der Waals surface area contributed by atoms with E-state index in [1.54, 1.807) is 18.2 Å². The van der Waals surface area contributed by atoms with Crippen LogP contribution in [0.4, 0.5) is 0 Å². The number of nitrogens with zero attached hydrogens (tertiary/aromatic N) is 2. The number of aromatic nitrogens is 2. The van der Waals surface area contributed by atoms with Gasteiger partial charge in [0, 0.05) is 18.5 Å². The molecule has 0 radical (unpaired) electrons. The SMILES string of the molecule is CCCC(=O)Oc1ccc(-n2c(CC)nc3cc(Cl)c(Cl)cc32)cc1. The van der Waals surface area contributed by atoms with E-state index in [4.69, 9.17) is 27.9 Å². The van der Waals surface area contributed by atoms with Gasteiger partial charge in [0.1, 0.15) is 11.6 Å². The van der Waals surface area contributed by atoms with Gasteiger partial charge in [-0.15, -0.1) is 0 Å². The van der Waals surface area contributed by atoms with Crippen LogP contribution in [0.1, 0.15) is 32.5 Å². The van der Waals surface area contributed by atoms with Crippen molar-refractivity contribution in [2.75, 3.05) is 0 Å². The fraction of sp³-hybridized carbons (Fsp3) is 0.263. The lowest BCUT2D eigenvalue weighted by Crippen LogP contribution is -2.07. The molecular weight excluding hydrogens is 359 g/mol. The monoisotopic (exact) mass is 376 g/mol. The van der Waals surface area contributed by atoms with Gasteiger partial charge < -0.3 is 4.74 Å². The molecule has 0 fully saturated rings. The second kappa shape index (κ2) is 7.46. The average molecular weight is 377 g/mol. The Bertz CT molecular complexity index is 917. The molecule has 0 amide bonds. The van der Waals surface area contributed by atoms with E-state index in [1.165, 1.54) is 0 Å². The van der Waals surface area contributed by atoms with Gasteiger partial charge in [0.05, 0.1) is 21.1 Å². The maximum Gasteiger partial charge on any atom is 0.311 e. The molecule has 2 aromatic carbocycles. The highest BCUT2D eigenvalue weighted by Crippen LogP contribution is 2.30. The predicted octanol–water partition coefficient (Wildman–Crippen LogP) is 5.60. The summed E-state index contributed by atoms with van der Waals surface area (Å²) in [6.45, 7) is 3.99. The molecule has 0 spiro atoms. The van der Waals surface area contributed by atoms with Gasteiger partial charge in [-0.3, -0.25) is 9.36 Å². The van der Waals surface area contributed by atoms with Crippen LogP contribution in [0.2, 0.25) is 10.0 Å². The molecule has 3 rings (SSSR count). The number of halogens is 2. The fourth-order valence-corrected chi connectivity index (χ4v) is 3.01. The molecule has 4 nitrogen and oxygen atoms in total. The highest BCUT2D eigenvalue weighted by molar-refractivity contribution is 6.42. The average Bonchev–Trinajstić information content (AvgIpc) is 2.93. The number of esters is 1. The summed E-state index contributed by atoms with van der Waals surface area (Å²) < 4.78 is 7.34. The van der Waals surface area contributed by atoms with Crippen LogP contribution in [0.3, 0.4) is 0 Å². The largest absolute Gasteiger partial charge is 0.427 e. The predicted molar refractivity (Wildman–Crippen MR) is 101 cm³/mol. The lowest BCUT2D eigenvalue weighted by Gasteiger charge is -2.10. The van der Waals surface area contributed by atoms with E-state index < -0.39 is 0 Å². The molecule has 0 aliphatic rings. The minimum atomic E-state index is -0.223. The quantitative estimate of drug-likeness (QED) is 0.429. The van der Waals surface area contributed by atoms with E-state index in [0.29, 0.717) is 22.2 Å². The van der Waals surface area contributed by atoms with E-state index in [-0.39, 0.29) is 5.97 Å². The first-order valence-electron chi connectivity index (χ1n) is 8.21. The summed E-state index contributed by atoms with van der Waals surface area (Å²) in [7, 11) is 0. The van der Waals surface area contributed by atoms with Crippen LogP contribution in [0.15, 0.2) is 36.4 Å². The number of hydrogen-bond acceptors (Lipinski definition) is 3. The van der Waals surface area contributed by atoms with Crippen molar-refractivity contribution in [3.63, 3.8) is 0 Å². The van der Waals surface area contributed by atoms with Gasteiger partial charge >= 0.3 is 5.97 Å². The van der Waals surface area contributed by atoms with Crippen molar-refractivity contribution in [2.45, 2.75) is 33.1 Å². The standard InChI is InChI=1S/C19H18Cl2N2O2/c1-3-5-19(24)25-13-8-6-12(7-9-13)23-17-11-15(21)14(20)10-16(17)22-18(23)4-2/h6-11H,3-5H2,1-2H3. The molecule has 0 unspecified atom stereocenters. The summed E-state index contributed by atoms with van der Waals surface area (Å²) in [5.74, 6) is 1.22. The molecule has 0 N–H and O–H groups in total. The van der Waals surface area contributed by atoms with E-state index in [2.05, 4.69) is 4.98 Å². The third-order valence-corrected chi connectivity index (χ3v) is 4.59. The first-order valence-corrected chi connectivity index (χ1v) is 8.96. The lowest BCUT2D eigenvalue weighted by molar-refractivity contribution is -0.134. The minimum absolute atomic E-state index is 0.223. The molecular formula is C19H18Cl2N2O2. The molecule has 1 heterocycles. The van der Waals surface area contributed by atoms with Crippen LogP contribution < -0.4 is 4.74 Å². The molecule has 0 aliphatic heterocycles. The van der Waals surface area contributed by atoms with Crippen molar-refractivity contribution in [1.29, 1.82) is 0 Å². The maximum absolute atomic E-state index is 11.6. The zero-order valence-corrected chi connectivity index (χ0v) is 15.6. The normalized spacial score (nSPS) is 11.0. The van der Waals surface area contributed by atoms with Crippen molar-refractivity contribution in [1.82, 2.24) is 9.55 Å². The number of rotatable bonds is 5. The van der Waals surface area contributed by atoms with Gasteiger partial charge in [-0.2, -0.15) is 0 Å². The maximum atomic E-state index is 11.6. The summed E-state index contributed by atoms with van der Waals surface area (Å²) in [5.41, 5.74) is 2.61. The second-order valence-electron chi connectivity index (χ2n) is 5.69. The van der Waals surface area contributed by atoms with Crippen LogP contribution in [0, 0.1) is 0 Å². The number of fused-ring (bicyclic) bond motifs is 1. The van der Waals surface area contributed by atoms with Crippen molar-refractivity contribution in [2.24, 2.45) is 0 Å². The van der Waals surface area contributed by atoms with Crippen molar-refractivity contribution in [3.8, 4) is 11.4 Å². The van der Waals surface area contributed by atoms with Gasteiger partial charge in [-0.25, -0.2) is 4.98 Å². The third-order valence-electron chi connectivity index (χ3n) is 3.86. The summed E-state index contributed by atoms with van der Waals surface area (Å²) >= 11 is 12.3. The van der Waals surface area contributed by atoms with E-state index >= 15 is 0 Å². The second-order valence-corrected chi connectivity index (χ2v) is 6.50. The van der Waals surface area contributed by atoms with Gasteiger partial charge in [-0.1, -0.05) is 37.0 Å². The third kappa shape index (κ3) is 3.65. The van der Waals surface area contributed by atoms with Crippen molar-refractivity contribution in [3.05, 3.63) is 52.3 Å². The summed E-state index contributed by atoms with van der Waals surface area (Å²) in [5, 5.41) is 0.975. The number of ether oxygens (including phenoxy) is 1. The Labute approximate surface area is 156 Å². The first-order chi connectivity index (χ1) is 12.0. The fourth-order valence-electron chi connectivity index (χ4n) is 2.70. The Kier molecular flexibility index (Phi) is 5.30. The highest BCUT2D eigenvalue weighted by atomic mass is 35.5. The highest BCUT2D eigenvalue weighted by Gasteiger charge is 2.14. The molecule has 0 atom stereocenters. The summed E-state index contributed by atoms with van der Waals surface area (Å²) in [6.07, 6.45) is 1.94. The topological polar surface area (TPSA) is 44.1 Å². The zero-order chi connectivity index (χ0) is 18.0. The van der Waals surface area contributed by atoms with E-state index in [1.807, 2.05) is 36.6 Å². The Morgan fingerprint density at radius 3 is 2.44 bits per heavy atom. The number of carbonyl (C=O) groups is 1. The Morgan fingerprint density at radius 2 is 1.80 bits per heavy atom. The molecule has 0 saturated carbocycles. The van der Waals surface area contributed by atoms with Crippen molar-refractivity contribution < 1.29 is 9.53 Å². The lowest BCUT2D eigenvalue weighted by atomic mass is 10.2. The van der Waals surface area contributed by atoms with Gasteiger partial charge in [0.15, 0.2) is 0 Å². The first kappa shape index (κ1) is 17.8. The molecule has 25 heavy (non-hydrogen) atoms. The number of aryl methyl sites for hydroxylation is 1. The van der Waals surface area contributed by atoms with Crippen LogP contribution >= 0.6 is 23.2 Å². The summed E-state index contributed by atoms with van der Waals surface area (Å²) in [4.78, 5) is 16.2. The van der Waals surface area contributed by atoms with Crippen LogP contribution in [0.5, 0.6) is 5.75 Å². The Balaban J connectivity index is 2.01. The number of hydrogen-bond donors (Lipinski definition) is 0. The number of benzene rings is 2. The van der Waals surface area contributed by atoms with Gasteiger partial charge in [0.2, 0.25) is 0 Å². The number of imidazole rings is 1. The minimum Gasteiger partial charge on any atom is -0.427 e. The van der Waals surface area contributed by atoms with E-state index in [0.717, 1.165) is 35.4 Å². The van der Waals surface area contributed by atoms with Gasteiger partial charge in [0.25, 0.3) is 0 Å². The van der Waals surface area contributed by atoms with Crippen LogP contribution in [0.25, 0.3) is 16.7 Å². The summed E-state index contributed by atoms with van der Waals surface area (Å²) in [6, 6.07) is 11.0. The molecule has 130 valence electrons. The molecule has 0 saturated heterocycles. The molecule has 1 aromatic heterocycles. The van der Waals surface area contributed by atoms with Gasteiger partial charge in [-0.05, 0) is 42.8 Å². The molecule has 6 heteroatoms. The number of carbonyl (C=O) groups excluding carboxylic acids is 1. The van der Waals surface area contributed by atoms with Crippen LogP contribution in [-0.4, -0.2) is 15.5 Å².